The van der Waals surface area contributed by atoms with Gasteiger partial charge in [0.15, 0.2) is 6.67 Å². The van der Waals surface area contributed by atoms with Crippen LogP contribution in [0, 0.1) is 10.1 Å². The van der Waals surface area contributed by atoms with Crippen molar-refractivity contribution in [2.24, 2.45) is 0 Å². The van der Waals surface area contributed by atoms with Crippen LogP contribution in [0.1, 0.15) is 11.1 Å². The minimum Gasteiger partial charge on any atom is -0.358 e. The van der Waals surface area contributed by atoms with Gasteiger partial charge in [-0.2, -0.15) is 0 Å². The Morgan fingerprint density at radius 1 is 1.39 bits per heavy atom. The van der Waals surface area contributed by atoms with Crippen molar-refractivity contribution in [3.05, 3.63) is 57.8 Å². The molecule has 0 aliphatic carbocycles. The van der Waals surface area contributed by atoms with Gasteiger partial charge in [0.1, 0.15) is 0 Å². The molecule has 2 heterocycles. The van der Waals surface area contributed by atoms with Gasteiger partial charge < -0.3 is 15.4 Å². The number of likely N-dealkylation sites (N-methyl/N-ethyl adjacent to an activating group) is 1. The van der Waals surface area contributed by atoms with Gasteiger partial charge in [0.05, 0.1) is 18.3 Å². The minimum absolute atomic E-state index is 0.0838. The van der Waals surface area contributed by atoms with E-state index < -0.39 is 4.92 Å². The van der Waals surface area contributed by atoms with Crippen molar-refractivity contribution < 1.29 is 9.72 Å². The molecule has 0 saturated carbocycles. The number of nitro groups is 1. The van der Waals surface area contributed by atoms with Crippen molar-refractivity contribution in [2.75, 3.05) is 7.05 Å². The summed E-state index contributed by atoms with van der Waals surface area (Å²) in [6.45, 7) is 0.737. The Hall–Kier alpha value is -2.74. The van der Waals surface area contributed by atoms with E-state index in [0.717, 1.165) is 11.1 Å². The lowest BCUT2D eigenvalue weighted by molar-refractivity contribution is -0.393. The first-order chi connectivity index (χ1) is 11.1. The molecule has 0 unspecified atom stereocenters. The molecule has 1 aromatic heterocycles. The number of amides is 1. The highest BCUT2D eigenvalue weighted by Crippen LogP contribution is 2.24. The number of nitrogens with zero attached hydrogens (tertiary/aromatic N) is 4. The molecule has 3 rings (SSSR count). The molecule has 1 aromatic carbocycles. The zero-order chi connectivity index (χ0) is 16.4. The molecule has 0 saturated heterocycles. The molecular formula is C15H17N5O3. The molecule has 1 amide bonds. The number of aromatic nitrogens is 2. The lowest BCUT2D eigenvalue weighted by Gasteiger charge is -2.34. The summed E-state index contributed by atoms with van der Waals surface area (Å²) in [4.78, 5) is 24.7. The molecular weight excluding hydrogens is 298 g/mol. The first-order valence-corrected chi connectivity index (χ1v) is 7.28. The third-order valence-corrected chi connectivity index (χ3v) is 4.09. The van der Waals surface area contributed by atoms with E-state index in [1.165, 1.54) is 16.9 Å². The van der Waals surface area contributed by atoms with Crippen LogP contribution < -0.4 is 5.32 Å². The zero-order valence-electron chi connectivity index (χ0n) is 12.7. The average Bonchev–Trinajstić information content (AvgIpc) is 3.02. The van der Waals surface area contributed by atoms with Gasteiger partial charge in [0, 0.05) is 13.6 Å². The number of hydrogen-bond donors (Lipinski definition) is 1. The van der Waals surface area contributed by atoms with Crippen LogP contribution in [0.5, 0.6) is 0 Å². The Morgan fingerprint density at radius 2 is 2.13 bits per heavy atom. The maximum absolute atomic E-state index is 12.2. The van der Waals surface area contributed by atoms with Crippen molar-refractivity contribution in [1.82, 2.24) is 20.0 Å². The zero-order valence-corrected chi connectivity index (χ0v) is 12.7. The van der Waals surface area contributed by atoms with E-state index in [4.69, 9.17) is 0 Å². The summed E-state index contributed by atoms with van der Waals surface area (Å²) in [5.41, 5.74) is 2.26. The van der Waals surface area contributed by atoms with Crippen LogP contribution >= 0.6 is 0 Å². The van der Waals surface area contributed by atoms with Crippen molar-refractivity contribution in [1.29, 1.82) is 0 Å². The van der Waals surface area contributed by atoms with Gasteiger partial charge in [-0.3, -0.25) is 4.79 Å². The molecule has 1 atom stereocenters. The fourth-order valence-corrected chi connectivity index (χ4v) is 2.91. The molecule has 0 spiro atoms. The van der Waals surface area contributed by atoms with Gasteiger partial charge >= 0.3 is 5.82 Å². The standard InChI is InChI=1S/C15H17N5O3/c1-16-15(21)13-8-11-4-2-3-5-12(11)9-18(13)10-19-14(20(22)23)6-7-17-19/h2-7,13H,8-10H2,1H3,(H,16,21)/t13-/m1/s1. The summed E-state index contributed by atoms with van der Waals surface area (Å²) in [6.07, 6.45) is 1.97. The van der Waals surface area contributed by atoms with Crippen molar-refractivity contribution in [3.8, 4) is 0 Å². The predicted octanol–water partition coefficient (Wildman–Crippen LogP) is 0.922. The smallest absolute Gasteiger partial charge is 0.346 e. The first kappa shape index (κ1) is 15.2. The van der Waals surface area contributed by atoms with Crippen LogP contribution in [-0.2, 0) is 24.4 Å². The predicted molar refractivity (Wildman–Crippen MR) is 82.4 cm³/mol. The maximum atomic E-state index is 12.2. The van der Waals surface area contributed by atoms with E-state index in [2.05, 4.69) is 10.4 Å². The second-order valence-corrected chi connectivity index (χ2v) is 5.44. The monoisotopic (exact) mass is 315 g/mol. The fraction of sp³-hybridized carbons (Fsp3) is 0.333. The van der Waals surface area contributed by atoms with E-state index in [1.807, 2.05) is 29.2 Å². The van der Waals surface area contributed by atoms with E-state index in [0.29, 0.717) is 13.0 Å². The fourth-order valence-electron chi connectivity index (χ4n) is 2.91. The van der Waals surface area contributed by atoms with Gasteiger partial charge in [-0.05, 0) is 22.5 Å². The van der Waals surface area contributed by atoms with E-state index in [1.54, 1.807) is 7.05 Å². The third kappa shape index (κ3) is 2.93. The SMILES string of the molecule is CNC(=O)[C@H]1Cc2ccccc2CN1Cn1nccc1[N+](=O)[O-]. The number of hydrogen-bond acceptors (Lipinski definition) is 5. The molecule has 0 fully saturated rings. The number of benzene rings is 1. The van der Waals surface area contributed by atoms with Crippen molar-refractivity contribution in [3.63, 3.8) is 0 Å². The van der Waals surface area contributed by atoms with Gasteiger partial charge in [-0.25, -0.2) is 4.90 Å². The highest BCUT2D eigenvalue weighted by atomic mass is 16.6. The normalized spacial score (nSPS) is 17.5. The van der Waals surface area contributed by atoms with Crippen LogP contribution in [0.15, 0.2) is 36.5 Å². The second-order valence-electron chi connectivity index (χ2n) is 5.44. The molecule has 0 radical (unpaired) electrons. The third-order valence-electron chi connectivity index (χ3n) is 4.09. The first-order valence-electron chi connectivity index (χ1n) is 7.28. The van der Waals surface area contributed by atoms with Crippen LogP contribution in [0.4, 0.5) is 5.82 Å². The summed E-state index contributed by atoms with van der Waals surface area (Å²) in [5.74, 6) is -0.186. The Bertz CT molecular complexity index is 742. The highest BCUT2D eigenvalue weighted by Gasteiger charge is 2.33. The average molecular weight is 315 g/mol. The van der Waals surface area contributed by atoms with Crippen molar-refractivity contribution in [2.45, 2.75) is 25.7 Å². The summed E-state index contributed by atoms with van der Waals surface area (Å²) < 4.78 is 1.31. The Morgan fingerprint density at radius 3 is 2.83 bits per heavy atom. The lowest BCUT2D eigenvalue weighted by atomic mass is 9.94. The summed E-state index contributed by atoms with van der Waals surface area (Å²) in [6, 6.07) is 8.91. The summed E-state index contributed by atoms with van der Waals surface area (Å²) in [5, 5.41) is 17.7. The topological polar surface area (TPSA) is 93.3 Å². The number of nitrogens with one attached hydrogen (secondary N) is 1. The van der Waals surface area contributed by atoms with Crippen LogP contribution in [0.3, 0.4) is 0 Å². The quantitative estimate of drug-likeness (QED) is 0.669. The van der Waals surface area contributed by atoms with Gasteiger partial charge in [-0.15, -0.1) is 4.68 Å². The van der Waals surface area contributed by atoms with E-state index in [9.17, 15) is 14.9 Å². The van der Waals surface area contributed by atoms with E-state index in [-0.39, 0.29) is 24.4 Å². The Kier molecular flexibility index (Phi) is 4.07. The molecule has 2 aromatic rings. The highest BCUT2D eigenvalue weighted by molar-refractivity contribution is 5.82. The maximum Gasteiger partial charge on any atom is 0.346 e. The minimum atomic E-state index is -0.472. The molecule has 8 heteroatoms. The number of rotatable bonds is 4. The summed E-state index contributed by atoms with van der Waals surface area (Å²) >= 11 is 0. The number of carbonyl (C=O) groups is 1. The van der Waals surface area contributed by atoms with Crippen LogP contribution in [0.25, 0.3) is 0 Å². The van der Waals surface area contributed by atoms with Crippen LogP contribution in [-0.4, -0.2) is 38.6 Å². The molecule has 0 bridgehead atoms. The molecule has 1 aliphatic heterocycles. The molecule has 8 nitrogen and oxygen atoms in total. The molecule has 23 heavy (non-hydrogen) atoms. The van der Waals surface area contributed by atoms with Gasteiger partial charge in [-0.1, -0.05) is 29.4 Å². The number of carbonyl (C=O) groups excluding carboxylic acids is 1. The molecule has 1 aliphatic rings. The van der Waals surface area contributed by atoms with Crippen LogP contribution in [0.2, 0.25) is 0 Å². The second kappa shape index (κ2) is 6.17. The molecule has 120 valence electrons. The van der Waals surface area contributed by atoms with Crippen molar-refractivity contribution >= 4 is 11.7 Å². The van der Waals surface area contributed by atoms with Gasteiger partial charge in [0.2, 0.25) is 5.91 Å². The lowest BCUT2D eigenvalue weighted by Crippen LogP contribution is -2.50. The Labute approximate surface area is 132 Å². The van der Waals surface area contributed by atoms with E-state index >= 15 is 0 Å². The molecule has 1 N–H and O–H groups in total. The number of fused-ring (bicyclic) bond motifs is 1. The largest absolute Gasteiger partial charge is 0.358 e. The van der Waals surface area contributed by atoms with Gasteiger partial charge in [0.25, 0.3) is 0 Å². The summed E-state index contributed by atoms with van der Waals surface area (Å²) in [7, 11) is 1.59. The Balaban J connectivity index is 1.90.